The number of ether oxygens (including phenoxy) is 2. The van der Waals surface area contributed by atoms with Gasteiger partial charge in [-0.1, -0.05) is 26.7 Å². The van der Waals surface area contributed by atoms with E-state index in [-0.39, 0.29) is 11.9 Å². The van der Waals surface area contributed by atoms with Gasteiger partial charge in [-0.2, -0.15) is 0 Å². The number of carbonyl (C=O) groups is 2. The fourth-order valence-electron chi connectivity index (χ4n) is 2.77. The highest BCUT2D eigenvalue weighted by Gasteiger charge is 2.57. The molecule has 1 saturated heterocycles. The molecule has 2 atom stereocenters. The van der Waals surface area contributed by atoms with Crippen LogP contribution in [0.2, 0.25) is 0 Å². The second-order valence-corrected chi connectivity index (χ2v) is 6.59. The summed E-state index contributed by atoms with van der Waals surface area (Å²) >= 11 is 0. The predicted octanol–water partition coefficient (Wildman–Crippen LogP) is 2.92. The van der Waals surface area contributed by atoms with E-state index in [9.17, 15) is 9.59 Å². The zero-order chi connectivity index (χ0) is 16.8. The van der Waals surface area contributed by atoms with E-state index in [0.29, 0.717) is 26.1 Å². The number of likely N-dealkylation sites (tertiary alicyclic amines) is 1. The molecule has 5 nitrogen and oxygen atoms in total. The average Bonchev–Trinajstić information content (AvgIpc) is 2.74. The van der Waals surface area contributed by atoms with Gasteiger partial charge in [-0.15, -0.1) is 0 Å². The summed E-state index contributed by atoms with van der Waals surface area (Å²) in [5.74, 6) is -0.484. The van der Waals surface area contributed by atoms with Crippen LogP contribution in [0.3, 0.4) is 0 Å². The van der Waals surface area contributed by atoms with Gasteiger partial charge in [0.2, 0.25) is 0 Å². The molecule has 1 heterocycles. The van der Waals surface area contributed by atoms with Crippen LogP contribution in [0.5, 0.6) is 0 Å². The second kappa shape index (κ2) is 7.95. The Morgan fingerprint density at radius 1 is 0.909 bits per heavy atom. The minimum atomic E-state index is -0.758. The first-order valence-corrected chi connectivity index (χ1v) is 8.41. The lowest BCUT2D eigenvalue weighted by Crippen LogP contribution is -2.57. The summed E-state index contributed by atoms with van der Waals surface area (Å²) in [5, 5.41) is 0. The van der Waals surface area contributed by atoms with Gasteiger partial charge >= 0.3 is 11.9 Å². The Morgan fingerprint density at radius 2 is 1.27 bits per heavy atom. The molecule has 2 unspecified atom stereocenters. The van der Waals surface area contributed by atoms with Crippen LogP contribution in [0.25, 0.3) is 0 Å². The van der Waals surface area contributed by atoms with Crippen molar-refractivity contribution in [2.45, 2.75) is 77.3 Å². The Kier molecular flexibility index (Phi) is 6.85. The molecule has 0 bridgehead atoms. The molecule has 5 heteroatoms. The quantitative estimate of drug-likeness (QED) is 0.509. The van der Waals surface area contributed by atoms with E-state index in [1.165, 1.54) is 0 Å². The van der Waals surface area contributed by atoms with Crippen molar-refractivity contribution in [2.24, 2.45) is 0 Å². The van der Waals surface area contributed by atoms with Crippen molar-refractivity contribution in [3.05, 3.63) is 0 Å². The van der Waals surface area contributed by atoms with E-state index < -0.39 is 11.1 Å². The maximum Gasteiger partial charge on any atom is 0.326 e. The van der Waals surface area contributed by atoms with E-state index in [0.717, 1.165) is 25.7 Å². The lowest BCUT2D eigenvalue weighted by molar-refractivity contribution is -0.164. The summed E-state index contributed by atoms with van der Waals surface area (Å²) in [5.41, 5.74) is -1.52. The van der Waals surface area contributed by atoms with Crippen molar-refractivity contribution in [2.75, 3.05) is 20.3 Å². The highest BCUT2D eigenvalue weighted by Crippen LogP contribution is 2.41. The molecule has 1 aliphatic rings. The second-order valence-electron chi connectivity index (χ2n) is 6.59. The summed E-state index contributed by atoms with van der Waals surface area (Å²) in [6.07, 6.45) is 4.91. The summed E-state index contributed by atoms with van der Waals surface area (Å²) in [4.78, 5) is 26.6. The maximum absolute atomic E-state index is 12.4. The molecule has 0 N–H and O–H groups in total. The third kappa shape index (κ3) is 3.80. The van der Waals surface area contributed by atoms with Gasteiger partial charge in [0, 0.05) is 0 Å². The fourth-order valence-corrected chi connectivity index (χ4v) is 2.77. The molecule has 22 heavy (non-hydrogen) atoms. The number of hydrogen-bond acceptors (Lipinski definition) is 5. The van der Waals surface area contributed by atoms with Crippen molar-refractivity contribution in [3.8, 4) is 0 Å². The summed E-state index contributed by atoms with van der Waals surface area (Å²) in [6, 6.07) is 0. The molecule has 0 spiro atoms. The van der Waals surface area contributed by atoms with Crippen LogP contribution >= 0.6 is 0 Å². The molecular weight excluding hydrogens is 282 g/mol. The average molecular weight is 313 g/mol. The SMILES string of the molecule is CCCCOC(=O)C1(C)CCC(C)(C(=O)OCCCC)N1C. The summed E-state index contributed by atoms with van der Waals surface area (Å²) in [7, 11) is 1.81. The number of rotatable bonds is 8. The van der Waals surface area contributed by atoms with E-state index >= 15 is 0 Å². The van der Waals surface area contributed by atoms with Crippen molar-refractivity contribution < 1.29 is 19.1 Å². The largest absolute Gasteiger partial charge is 0.464 e. The Bertz CT molecular complexity index is 362. The molecule has 0 amide bonds. The number of carbonyl (C=O) groups excluding carboxylic acids is 2. The highest BCUT2D eigenvalue weighted by molar-refractivity contribution is 5.86. The third-order valence-electron chi connectivity index (χ3n) is 4.92. The van der Waals surface area contributed by atoms with Gasteiger partial charge in [0.15, 0.2) is 0 Å². The van der Waals surface area contributed by atoms with Gasteiger partial charge in [0.25, 0.3) is 0 Å². The fraction of sp³-hybridized carbons (Fsp3) is 0.882. The highest BCUT2D eigenvalue weighted by atomic mass is 16.5. The molecule has 0 aromatic carbocycles. The number of hydrogen-bond donors (Lipinski definition) is 0. The minimum absolute atomic E-state index is 0.242. The van der Waals surface area contributed by atoms with Crippen LogP contribution in [0, 0.1) is 0 Å². The Morgan fingerprint density at radius 3 is 1.59 bits per heavy atom. The van der Waals surface area contributed by atoms with Crippen molar-refractivity contribution in [3.63, 3.8) is 0 Å². The van der Waals surface area contributed by atoms with Gasteiger partial charge in [-0.25, -0.2) is 0 Å². The molecule has 1 aliphatic heterocycles. The Hall–Kier alpha value is -1.10. The summed E-state index contributed by atoms with van der Waals surface area (Å²) in [6.45, 7) is 8.70. The summed E-state index contributed by atoms with van der Waals surface area (Å²) < 4.78 is 10.8. The van der Waals surface area contributed by atoms with E-state index in [1.54, 1.807) is 0 Å². The zero-order valence-corrected chi connectivity index (χ0v) is 14.7. The molecule has 0 saturated carbocycles. The van der Waals surface area contributed by atoms with Crippen LogP contribution in [-0.4, -0.2) is 48.2 Å². The van der Waals surface area contributed by atoms with E-state index in [4.69, 9.17) is 9.47 Å². The lowest BCUT2D eigenvalue weighted by atomic mass is 9.98. The molecule has 0 aromatic rings. The third-order valence-corrected chi connectivity index (χ3v) is 4.92. The van der Waals surface area contributed by atoms with Gasteiger partial charge in [-0.05, 0) is 46.6 Å². The first kappa shape index (κ1) is 18.9. The first-order chi connectivity index (χ1) is 10.3. The number of likely N-dealkylation sites (N-methyl/N-ethyl adjacent to an activating group) is 1. The number of unbranched alkanes of at least 4 members (excludes halogenated alkanes) is 2. The monoisotopic (exact) mass is 313 g/mol. The number of nitrogens with zero attached hydrogens (tertiary/aromatic N) is 1. The first-order valence-electron chi connectivity index (χ1n) is 8.41. The molecule has 1 rings (SSSR count). The maximum atomic E-state index is 12.4. The molecule has 0 aromatic heterocycles. The Balaban J connectivity index is 2.71. The van der Waals surface area contributed by atoms with Crippen molar-refractivity contribution >= 4 is 11.9 Å². The molecule has 0 radical (unpaired) electrons. The number of esters is 2. The smallest absolute Gasteiger partial charge is 0.326 e. The molecule has 128 valence electrons. The van der Waals surface area contributed by atoms with Crippen LogP contribution in [0.15, 0.2) is 0 Å². The molecular formula is C17H31NO4. The van der Waals surface area contributed by atoms with Gasteiger partial charge in [0.1, 0.15) is 11.1 Å². The normalized spacial score (nSPS) is 28.6. The predicted molar refractivity (Wildman–Crippen MR) is 85.5 cm³/mol. The lowest BCUT2D eigenvalue weighted by Gasteiger charge is -2.37. The van der Waals surface area contributed by atoms with Crippen LogP contribution in [-0.2, 0) is 19.1 Å². The Labute approximate surface area is 134 Å². The van der Waals surface area contributed by atoms with Gasteiger partial charge < -0.3 is 9.47 Å². The van der Waals surface area contributed by atoms with Crippen LogP contribution in [0.4, 0.5) is 0 Å². The van der Waals surface area contributed by atoms with Gasteiger partial charge in [-0.3, -0.25) is 14.5 Å². The topological polar surface area (TPSA) is 55.8 Å². The van der Waals surface area contributed by atoms with Gasteiger partial charge in [0.05, 0.1) is 13.2 Å². The van der Waals surface area contributed by atoms with Crippen LogP contribution < -0.4 is 0 Å². The van der Waals surface area contributed by atoms with E-state index in [1.807, 2.05) is 25.8 Å². The molecule has 1 fully saturated rings. The minimum Gasteiger partial charge on any atom is -0.464 e. The van der Waals surface area contributed by atoms with Crippen LogP contribution in [0.1, 0.15) is 66.2 Å². The van der Waals surface area contributed by atoms with Crippen molar-refractivity contribution in [1.82, 2.24) is 4.90 Å². The van der Waals surface area contributed by atoms with Crippen molar-refractivity contribution in [1.29, 1.82) is 0 Å². The van der Waals surface area contributed by atoms with E-state index in [2.05, 4.69) is 13.8 Å². The zero-order valence-electron chi connectivity index (χ0n) is 14.7. The molecule has 0 aliphatic carbocycles. The standard InChI is InChI=1S/C17H31NO4/c1-6-8-12-21-14(19)16(3)10-11-17(4,18(16)5)15(20)22-13-9-7-2/h6-13H2,1-5H3.